The molecule has 0 bridgehead atoms. The van der Waals surface area contributed by atoms with Crippen molar-refractivity contribution in [2.45, 2.75) is 0 Å². The largest absolute Gasteiger partial charge is 0.478 e. The van der Waals surface area contributed by atoms with E-state index in [-0.39, 0.29) is 22.1 Å². The summed E-state index contributed by atoms with van der Waals surface area (Å²) in [6, 6.07) is 6.11. The summed E-state index contributed by atoms with van der Waals surface area (Å²) in [5.74, 6) is -3.12. The van der Waals surface area contributed by atoms with Crippen LogP contribution in [0.3, 0.4) is 0 Å². The smallest absolute Gasteiger partial charge is 0.338 e. The highest BCUT2D eigenvalue weighted by Gasteiger charge is 2.15. The van der Waals surface area contributed by atoms with Gasteiger partial charge in [-0.1, -0.05) is 17.7 Å². The lowest BCUT2D eigenvalue weighted by Gasteiger charge is -2.12. The first-order valence-corrected chi connectivity index (χ1v) is 5.81. The topological polar surface area (TPSA) is 75.4 Å². The lowest BCUT2D eigenvalue weighted by Crippen LogP contribution is -2.05. The Kier molecular flexibility index (Phi) is 3.76. The minimum atomic E-state index is -1.44. The lowest BCUT2D eigenvalue weighted by molar-refractivity contribution is 0.0692. The number of hydrogen-bond acceptors (Lipinski definition) is 3. The first-order valence-electron chi connectivity index (χ1n) is 5.43. The van der Waals surface area contributed by atoms with Crippen LogP contribution in [0.15, 0.2) is 30.3 Å². The molecular weight excluding hydrogens is 290 g/mol. The molecule has 0 aromatic heterocycles. The Morgan fingerprint density at radius 1 is 1.25 bits per heavy atom. The third kappa shape index (κ3) is 2.65. The summed E-state index contributed by atoms with van der Waals surface area (Å²) in [5, 5.41) is 11.2. The molecular formula is C13H9ClF2N2O2. The summed E-state index contributed by atoms with van der Waals surface area (Å²) in [4.78, 5) is 10.7. The fourth-order valence-corrected chi connectivity index (χ4v) is 1.78. The van der Waals surface area contributed by atoms with Crippen molar-refractivity contribution >= 4 is 34.6 Å². The molecule has 0 unspecified atom stereocenters. The third-order valence-electron chi connectivity index (χ3n) is 2.59. The second kappa shape index (κ2) is 5.34. The molecule has 4 N–H and O–H groups in total. The summed E-state index contributed by atoms with van der Waals surface area (Å²) in [6.45, 7) is 0. The van der Waals surface area contributed by atoms with Crippen molar-refractivity contribution in [2.24, 2.45) is 0 Å². The van der Waals surface area contributed by atoms with Gasteiger partial charge in [0.15, 0.2) is 5.82 Å². The van der Waals surface area contributed by atoms with E-state index in [4.69, 9.17) is 22.4 Å². The number of rotatable bonds is 3. The SMILES string of the molecule is Nc1cc(C(=O)O)c(F)cc1Nc1cccc(Cl)c1F. The van der Waals surface area contributed by atoms with Crippen LogP contribution >= 0.6 is 11.6 Å². The molecule has 104 valence electrons. The van der Waals surface area contributed by atoms with Crippen molar-refractivity contribution in [3.8, 4) is 0 Å². The van der Waals surface area contributed by atoms with Gasteiger partial charge in [-0.05, 0) is 18.2 Å². The van der Waals surface area contributed by atoms with E-state index in [9.17, 15) is 13.6 Å². The van der Waals surface area contributed by atoms with E-state index < -0.39 is 23.2 Å². The molecule has 7 heteroatoms. The number of carboxylic acid groups (broad SMARTS) is 1. The summed E-state index contributed by atoms with van der Waals surface area (Å²) >= 11 is 5.62. The van der Waals surface area contributed by atoms with Gasteiger partial charge in [0.1, 0.15) is 5.82 Å². The van der Waals surface area contributed by atoms with Crippen LogP contribution in [0.5, 0.6) is 0 Å². The van der Waals surface area contributed by atoms with Gasteiger partial charge in [0, 0.05) is 6.07 Å². The Hall–Kier alpha value is -2.34. The quantitative estimate of drug-likeness (QED) is 0.756. The molecule has 2 rings (SSSR count). The normalized spacial score (nSPS) is 10.3. The number of nitrogens with one attached hydrogen (secondary N) is 1. The fraction of sp³-hybridized carbons (Fsp3) is 0. The number of nitrogens with two attached hydrogens (primary N) is 1. The maximum Gasteiger partial charge on any atom is 0.338 e. The van der Waals surface area contributed by atoms with Crippen LogP contribution < -0.4 is 11.1 Å². The molecule has 0 fully saturated rings. The minimum Gasteiger partial charge on any atom is -0.478 e. The molecule has 0 spiro atoms. The molecule has 0 heterocycles. The average molecular weight is 299 g/mol. The molecule has 2 aromatic rings. The van der Waals surface area contributed by atoms with Crippen LogP contribution in [-0.2, 0) is 0 Å². The molecule has 0 aliphatic heterocycles. The molecule has 4 nitrogen and oxygen atoms in total. The van der Waals surface area contributed by atoms with Gasteiger partial charge in [-0.2, -0.15) is 0 Å². The Balaban J connectivity index is 2.42. The third-order valence-corrected chi connectivity index (χ3v) is 2.88. The van der Waals surface area contributed by atoms with Crippen molar-refractivity contribution < 1.29 is 18.7 Å². The van der Waals surface area contributed by atoms with Crippen molar-refractivity contribution in [3.63, 3.8) is 0 Å². The number of carbonyl (C=O) groups is 1. The van der Waals surface area contributed by atoms with Gasteiger partial charge in [0.2, 0.25) is 0 Å². The predicted octanol–water partition coefficient (Wildman–Crippen LogP) is 3.64. The van der Waals surface area contributed by atoms with Crippen LogP contribution in [0.4, 0.5) is 25.8 Å². The van der Waals surface area contributed by atoms with E-state index in [1.165, 1.54) is 18.2 Å². The number of halogens is 3. The minimum absolute atomic E-state index is 0.00618. The number of anilines is 3. The Labute approximate surface area is 117 Å². The van der Waals surface area contributed by atoms with Crippen LogP contribution in [0.1, 0.15) is 10.4 Å². The molecule has 0 aliphatic rings. The van der Waals surface area contributed by atoms with Gasteiger partial charge in [0.05, 0.1) is 27.6 Å². The first kappa shape index (κ1) is 14.1. The number of carboxylic acids is 1. The zero-order valence-corrected chi connectivity index (χ0v) is 10.7. The van der Waals surface area contributed by atoms with Crippen LogP contribution in [-0.4, -0.2) is 11.1 Å². The lowest BCUT2D eigenvalue weighted by atomic mass is 10.1. The summed E-state index contributed by atoms with van der Waals surface area (Å²) in [7, 11) is 0. The van der Waals surface area contributed by atoms with Crippen molar-refractivity contribution in [1.82, 2.24) is 0 Å². The van der Waals surface area contributed by atoms with Crippen molar-refractivity contribution in [1.29, 1.82) is 0 Å². The molecule has 0 aliphatic carbocycles. The van der Waals surface area contributed by atoms with Gasteiger partial charge < -0.3 is 16.2 Å². The number of hydrogen-bond donors (Lipinski definition) is 3. The van der Waals surface area contributed by atoms with Gasteiger partial charge in [-0.3, -0.25) is 0 Å². The van der Waals surface area contributed by atoms with E-state index in [0.29, 0.717) is 0 Å². The van der Waals surface area contributed by atoms with E-state index in [1.807, 2.05) is 0 Å². The van der Waals surface area contributed by atoms with Gasteiger partial charge in [0.25, 0.3) is 0 Å². The fourth-order valence-electron chi connectivity index (χ4n) is 1.61. The number of benzene rings is 2. The monoisotopic (exact) mass is 298 g/mol. The maximum absolute atomic E-state index is 13.7. The van der Waals surface area contributed by atoms with Crippen molar-refractivity contribution in [2.75, 3.05) is 11.1 Å². The number of aromatic carboxylic acids is 1. The van der Waals surface area contributed by atoms with E-state index in [2.05, 4.69) is 5.32 Å². The van der Waals surface area contributed by atoms with Crippen molar-refractivity contribution in [3.05, 3.63) is 52.6 Å². The van der Waals surface area contributed by atoms with E-state index >= 15 is 0 Å². The highest BCUT2D eigenvalue weighted by Crippen LogP contribution is 2.29. The molecule has 0 saturated heterocycles. The zero-order chi connectivity index (χ0) is 14.9. The van der Waals surface area contributed by atoms with Crippen LogP contribution in [0.2, 0.25) is 5.02 Å². The maximum atomic E-state index is 13.7. The van der Waals surface area contributed by atoms with Gasteiger partial charge in [-0.15, -0.1) is 0 Å². The van der Waals surface area contributed by atoms with Crippen LogP contribution in [0.25, 0.3) is 0 Å². The predicted molar refractivity (Wildman–Crippen MR) is 72.5 cm³/mol. The molecule has 20 heavy (non-hydrogen) atoms. The second-order valence-electron chi connectivity index (χ2n) is 3.95. The second-order valence-corrected chi connectivity index (χ2v) is 4.36. The van der Waals surface area contributed by atoms with E-state index in [1.54, 1.807) is 0 Å². The highest BCUT2D eigenvalue weighted by atomic mass is 35.5. The number of nitrogen functional groups attached to an aromatic ring is 1. The first-order chi connectivity index (χ1) is 9.40. The van der Waals surface area contributed by atoms with Gasteiger partial charge >= 0.3 is 5.97 Å². The molecule has 0 radical (unpaired) electrons. The molecule has 0 atom stereocenters. The van der Waals surface area contributed by atoms with E-state index in [0.717, 1.165) is 12.1 Å². The Bertz CT molecular complexity index is 692. The van der Waals surface area contributed by atoms with Crippen LogP contribution in [0, 0.1) is 11.6 Å². The summed E-state index contributed by atoms with van der Waals surface area (Å²) < 4.78 is 27.3. The Morgan fingerprint density at radius 2 is 1.95 bits per heavy atom. The summed E-state index contributed by atoms with van der Waals surface area (Å²) in [6.07, 6.45) is 0. The highest BCUT2D eigenvalue weighted by molar-refractivity contribution is 6.31. The standard InChI is InChI=1S/C13H9ClF2N2O2/c14-7-2-1-3-10(12(7)16)18-11-5-8(15)6(13(19)20)4-9(11)17/h1-5,18H,17H2,(H,19,20). The Morgan fingerprint density at radius 3 is 2.60 bits per heavy atom. The summed E-state index contributed by atoms with van der Waals surface area (Å²) in [5.41, 5.74) is 5.09. The molecule has 0 saturated carbocycles. The average Bonchev–Trinajstić information content (AvgIpc) is 2.38. The zero-order valence-electron chi connectivity index (χ0n) is 9.95. The van der Waals surface area contributed by atoms with Gasteiger partial charge in [-0.25, -0.2) is 13.6 Å². The molecule has 0 amide bonds. The molecule has 2 aromatic carbocycles.